The number of sulfonamides is 1. The van der Waals surface area contributed by atoms with Gasteiger partial charge in [0.05, 0.1) is 10.6 Å². The highest BCUT2D eigenvalue weighted by Crippen LogP contribution is 2.28. The Bertz CT molecular complexity index is 1330. The van der Waals surface area contributed by atoms with Crippen LogP contribution in [0.25, 0.3) is 0 Å². The summed E-state index contributed by atoms with van der Waals surface area (Å²) in [6.45, 7) is 5.65. The average Bonchev–Trinajstić information content (AvgIpc) is 2.93. The first-order chi connectivity index (χ1) is 18.2. The number of likely N-dealkylation sites (N-methyl/N-ethyl adjacent to an activating group) is 1. The van der Waals surface area contributed by atoms with Crippen molar-refractivity contribution in [3.05, 3.63) is 95.0 Å². The maximum atomic E-state index is 14.0. The number of para-hydroxylation sites is 1. The number of nitrogens with one attached hydrogen (secondary N) is 1. The van der Waals surface area contributed by atoms with Crippen LogP contribution >= 0.6 is 11.6 Å². The summed E-state index contributed by atoms with van der Waals surface area (Å²) in [7, 11) is -4.09. The van der Waals surface area contributed by atoms with Crippen LogP contribution in [0.2, 0.25) is 5.02 Å². The topological polar surface area (TPSA) is 86.8 Å². The van der Waals surface area contributed by atoms with Gasteiger partial charge in [-0.3, -0.25) is 13.9 Å². The molecule has 1 atom stereocenters. The van der Waals surface area contributed by atoms with Crippen LogP contribution in [0, 0.1) is 0 Å². The van der Waals surface area contributed by atoms with Gasteiger partial charge in [0, 0.05) is 18.1 Å². The molecule has 0 heterocycles. The number of carbonyl (C=O) groups excluding carboxylic acids is 2. The molecule has 0 aliphatic heterocycles. The summed E-state index contributed by atoms with van der Waals surface area (Å²) in [6, 6.07) is 21.4. The largest absolute Gasteiger partial charge is 0.355 e. The molecule has 3 aromatic carbocycles. The van der Waals surface area contributed by atoms with Gasteiger partial charge in [0.25, 0.3) is 10.0 Å². The first-order valence-corrected chi connectivity index (χ1v) is 14.5. The molecule has 2 amide bonds. The lowest BCUT2D eigenvalue weighted by Crippen LogP contribution is -2.52. The normalized spacial score (nSPS) is 12.0. The molecular weight excluding hydrogens is 522 g/mol. The summed E-state index contributed by atoms with van der Waals surface area (Å²) in [5.74, 6) is -0.771. The number of rotatable bonds is 12. The van der Waals surface area contributed by atoms with Crippen LogP contribution in [0.1, 0.15) is 38.3 Å². The second-order valence-corrected chi connectivity index (χ2v) is 11.1. The first-order valence-electron chi connectivity index (χ1n) is 12.7. The van der Waals surface area contributed by atoms with E-state index in [1.165, 1.54) is 17.0 Å². The van der Waals surface area contributed by atoms with Crippen molar-refractivity contribution in [2.24, 2.45) is 0 Å². The fraction of sp³-hybridized carbons (Fsp3) is 0.310. The molecule has 1 N–H and O–H groups in total. The monoisotopic (exact) mass is 555 g/mol. The second kappa shape index (κ2) is 13.4. The number of hydrogen-bond acceptors (Lipinski definition) is 4. The van der Waals surface area contributed by atoms with Crippen LogP contribution in [-0.4, -0.2) is 44.3 Å². The van der Waals surface area contributed by atoms with E-state index in [2.05, 4.69) is 5.32 Å². The number of nitrogens with zero attached hydrogens (tertiary/aromatic N) is 2. The van der Waals surface area contributed by atoms with E-state index in [1.54, 1.807) is 54.6 Å². The van der Waals surface area contributed by atoms with Gasteiger partial charge in [0.1, 0.15) is 12.6 Å². The highest BCUT2D eigenvalue weighted by Gasteiger charge is 2.34. The van der Waals surface area contributed by atoms with Gasteiger partial charge in [-0.25, -0.2) is 8.42 Å². The predicted octanol–water partition coefficient (Wildman–Crippen LogP) is 5.04. The summed E-state index contributed by atoms with van der Waals surface area (Å²) < 4.78 is 28.9. The zero-order valence-corrected chi connectivity index (χ0v) is 23.5. The summed E-state index contributed by atoms with van der Waals surface area (Å²) in [5.41, 5.74) is 2.00. The zero-order valence-electron chi connectivity index (χ0n) is 21.9. The third-order valence-electron chi connectivity index (χ3n) is 6.25. The molecule has 0 fully saturated rings. The molecule has 0 aromatic heterocycles. The standard InChI is InChI=1S/C29H34ClN3O4S/c1-4-23-12-10-11-15-27(23)33(38(36,37)25-13-8-7-9-14-25)21-28(34)32(26(5-2)29(35)31-6-3)20-22-16-18-24(30)19-17-22/h7-19,26H,4-6,20-21H2,1-3H3,(H,31,35)/t26-/m0/s1. The van der Waals surface area contributed by atoms with E-state index in [1.807, 2.05) is 32.9 Å². The van der Waals surface area contributed by atoms with Gasteiger partial charge >= 0.3 is 0 Å². The molecule has 202 valence electrons. The molecule has 3 aromatic rings. The van der Waals surface area contributed by atoms with E-state index in [0.717, 1.165) is 15.4 Å². The SMILES string of the molecule is CCNC(=O)[C@H](CC)N(Cc1ccc(Cl)cc1)C(=O)CN(c1ccccc1CC)S(=O)(=O)c1ccccc1. The van der Waals surface area contributed by atoms with Gasteiger partial charge < -0.3 is 10.2 Å². The van der Waals surface area contributed by atoms with Crippen molar-refractivity contribution in [2.75, 3.05) is 17.4 Å². The van der Waals surface area contributed by atoms with Gasteiger partial charge in [-0.2, -0.15) is 0 Å². The van der Waals surface area contributed by atoms with Gasteiger partial charge in [0.2, 0.25) is 11.8 Å². The molecular formula is C29H34ClN3O4S. The number of carbonyl (C=O) groups is 2. The first kappa shape index (κ1) is 29.2. The molecule has 0 radical (unpaired) electrons. The smallest absolute Gasteiger partial charge is 0.264 e. The van der Waals surface area contributed by atoms with E-state index in [0.29, 0.717) is 30.1 Å². The Balaban J connectivity index is 2.08. The van der Waals surface area contributed by atoms with Crippen LogP contribution in [0.5, 0.6) is 0 Å². The van der Waals surface area contributed by atoms with E-state index >= 15 is 0 Å². The molecule has 0 unspecified atom stereocenters. The number of hydrogen-bond donors (Lipinski definition) is 1. The lowest BCUT2D eigenvalue weighted by molar-refractivity contribution is -0.140. The third-order valence-corrected chi connectivity index (χ3v) is 8.28. The average molecular weight is 556 g/mol. The Morgan fingerprint density at radius 2 is 1.53 bits per heavy atom. The molecule has 0 bridgehead atoms. The van der Waals surface area contributed by atoms with Crippen molar-refractivity contribution in [3.63, 3.8) is 0 Å². The van der Waals surface area contributed by atoms with Gasteiger partial charge in [-0.05, 0) is 61.2 Å². The Morgan fingerprint density at radius 3 is 2.13 bits per heavy atom. The minimum absolute atomic E-state index is 0.0822. The van der Waals surface area contributed by atoms with Crippen LogP contribution < -0.4 is 9.62 Å². The molecule has 0 saturated carbocycles. The zero-order chi connectivity index (χ0) is 27.7. The summed E-state index contributed by atoms with van der Waals surface area (Å²) in [6.07, 6.45) is 0.943. The molecule has 9 heteroatoms. The maximum Gasteiger partial charge on any atom is 0.264 e. The van der Waals surface area contributed by atoms with E-state index < -0.39 is 28.5 Å². The van der Waals surface area contributed by atoms with Crippen LogP contribution in [0.15, 0.2) is 83.8 Å². The second-order valence-electron chi connectivity index (χ2n) is 8.77. The molecule has 0 saturated heterocycles. The van der Waals surface area contributed by atoms with E-state index in [-0.39, 0.29) is 17.3 Å². The Labute approximate surface area is 230 Å². The summed E-state index contributed by atoms with van der Waals surface area (Å²) >= 11 is 6.05. The predicted molar refractivity (Wildman–Crippen MR) is 152 cm³/mol. The third kappa shape index (κ3) is 6.94. The Hall–Kier alpha value is -3.36. The van der Waals surface area contributed by atoms with Crippen molar-refractivity contribution >= 4 is 39.1 Å². The van der Waals surface area contributed by atoms with E-state index in [9.17, 15) is 18.0 Å². The molecule has 7 nitrogen and oxygen atoms in total. The minimum atomic E-state index is -4.09. The number of halogens is 1. The fourth-order valence-electron chi connectivity index (χ4n) is 4.28. The maximum absolute atomic E-state index is 14.0. The highest BCUT2D eigenvalue weighted by molar-refractivity contribution is 7.92. The lowest BCUT2D eigenvalue weighted by Gasteiger charge is -2.33. The Kier molecular flexibility index (Phi) is 10.3. The Morgan fingerprint density at radius 1 is 0.895 bits per heavy atom. The van der Waals surface area contributed by atoms with Crippen molar-refractivity contribution < 1.29 is 18.0 Å². The fourth-order valence-corrected chi connectivity index (χ4v) is 5.88. The quantitative estimate of drug-likeness (QED) is 0.339. The highest BCUT2D eigenvalue weighted by atomic mass is 35.5. The number of benzene rings is 3. The van der Waals surface area contributed by atoms with Crippen molar-refractivity contribution in [3.8, 4) is 0 Å². The van der Waals surface area contributed by atoms with Gasteiger partial charge in [-0.1, -0.05) is 74.0 Å². The molecule has 0 aliphatic carbocycles. The molecule has 3 rings (SSSR count). The molecule has 0 spiro atoms. The summed E-state index contributed by atoms with van der Waals surface area (Å²) in [4.78, 5) is 28.5. The van der Waals surface area contributed by atoms with Gasteiger partial charge in [-0.15, -0.1) is 0 Å². The molecule has 38 heavy (non-hydrogen) atoms. The van der Waals surface area contributed by atoms with Gasteiger partial charge in [0.15, 0.2) is 0 Å². The minimum Gasteiger partial charge on any atom is -0.355 e. The summed E-state index contributed by atoms with van der Waals surface area (Å²) in [5, 5.41) is 3.35. The number of anilines is 1. The van der Waals surface area contributed by atoms with Crippen LogP contribution in [0.4, 0.5) is 5.69 Å². The number of aryl methyl sites for hydroxylation is 1. The van der Waals surface area contributed by atoms with Crippen molar-refractivity contribution in [2.45, 2.75) is 51.1 Å². The molecule has 0 aliphatic rings. The lowest BCUT2D eigenvalue weighted by atomic mass is 10.1. The van der Waals surface area contributed by atoms with E-state index in [4.69, 9.17) is 11.6 Å². The van der Waals surface area contributed by atoms with Crippen LogP contribution in [-0.2, 0) is 32.6 Å². The van der Waals surface area contributed by atoms with Crippen molar-refractivity contribution in [1.82, 2.24) is 10.2 Å². The van der Waals surface area contributed by atoms with Crippen LogP contribution in [0.3, 0.4) is 0 Å². The number of amides is 2. The van der Waals surface area contributed by atoms with Crippen molar-refractivity contribution in [1.29, 1.82) is 0 Å².